The van der Waals surface area contributed by atoms with Crippen molar-refractivity contribution in [1.82, 2.24) is 4.98 Å². The number of hydrogen-bond donors (Lipinski definition) is 1. The average Bonchev–Trinajstić information content (AvgIpc) is 2.13. The molecule has 0 amide bonds. The fraction of sp³-hybridized carbons (Fsp3) is 0.545. The second kappa shape index (κ2) is 3.53. The molecule has 0 unspecified atom stereocenters. The Morgan fingerprint density at radius 2 is 1.87 bits per heavy atom. The molecule has 0 atom stereocenters. The van der Waals surface area contributed by atoms with E-state index in [0.717, 1.165) is 30.4 Å². The number of nitrogen functional groups attached to an aromatic ring is 1. The molecule has 0 aromatic carbocycles. The normalized spacial score (nSPS) is 18.7. The van der Waals surface area contributed by atoms with E-state index in [1.807, 2.05) is 0 Å². The third-order valence-electron chi connectivity index (χ3n) is 3.06. The fourth-order valence-electron chi connectivity index (χ4n) is 2.12. The van der Waals surface area contributed by atoms with Gasteiger partial charge in [-0.05, 0) is 35.8 Å². The van der Waals surface area contributed by atoms with Crippen molar-refractivity contribution in [2.24, 2.45) is 5.41 Å². The second-order valence-corrected chi connectivity index (χ2v) is 5.62. The van der Waals surface area contributed by atoms with Gasteiger partial charge >= 0.3 is 0 Å². The van der Waals surface area contributed by atoms with Gasteiger partial charge in [-0.3, -0.25) is 0 Å². The number of halogens is 2. The minimum atomic E-state index is 0.276. The van der Waals surface area contributed by atoms with Crippen molar-refractivity contribution < 1.29 is 0 Å². The molecule has 1 aliphatic rings. The van der Waals surface area contributed by atoms with Crippen molar-refractivity contribution in [3.63, 3.8) is 0 Å². The largest absolute Gasteiger partial charge is 0.396 e. The highest BCUT2D eigenvalue weighted by Crippen LogP contribution is 2.41. The van der Waals surface area contributed by atoms with Gasteiger partial charge in [-0.1, -0.05) is 37.0 Å². The Hall–Kier alpha value is -0.470. The summed E-state index contributed by atoms with van der Waals surface area (Å²) in [6.07, 6.45) is 2.98. The Morgan fingerprint density at radius 3 is 2.53 bits per heavy atom. The van der Waals surface area contributed by atoms with Crippen LogP contribution in [0, 0.1) is 5.41 Å². The van der Waals surface area contributed by atoms with Crippen LogP contribution in [-0.4, -0.2) is 4.98 Å². The Balaban J connectivity index is 2.56. The molecule has 0 saturated carbocycles. The van der Waals surface area contributed by atoms with E-state index < -0.39 is 0 Å². The molecule has 1 heterocycles. The third kappa shape index (κ3) is 1.93. The molecule has 4 heteroatoms. The van der Waals surface area contributed by atoms with Gasteiger partial charge in [-0.15, -0.1) is 0 Å². The van der Waals surface area contributed by atoms with Crippen molar-refractivity contribution in [1.29, 1.82) is 0 Å². The van der Waals surface area contributed by atoms with Gasteiger partial charge in [0.1, 0.15) is 5.15 Å². The lowest BCUT2D eigenvalue weighted by molar-refractivity contribution is 0.315. The van der Waals surface area contributed by atoms with E-state index in [-0.39, 0.29) is 5.41 Å². The van der Waals surface area contributed by atoms with Crippen LogP contribution in [-0.2, 0) is 12.8 Å². The number of nitrogens with two attached hydrogens (primary N) is 1. The maximum absolute atomic E-state index is 6.10. The van der Waals surface area contributed by atoms with Gasteiger partial charge in [0, 0.05) is 0 Å². The molecule has 0 spiro atoms. The number of nitrogens with zero attached hydrogens (tertiary/aromatic N) is 1. The monoisotopic (exact) mass is 244 g/mol. The van der Waals surface area contributed by atoms with Crippen LogP contribution in [0.2, 0.25) is 10.3 Å². The molecule has 15 heavy (non-hydrogen) atoms. The fourth-order valence-corrected chi connectivity index (χ4v) is 2.63. The van der Waals surface area contributed by atoms with Crippen LogP contribution in [0.15, 0.2) is 0 Å². The molecular weight excluding hydrogens is 231 g/mol. The first-order valence-electron chi connectivity index (χ1n) is 5.03. The first kappa shape index (κ1) is 11.0. The summed E-state index contributed by atoms with van der Waals surface area (Å²) in [6.45, 7) is 4.47. The molecule has 2 nitrogen and oxygen atoms in total. The van der Waals surface area contributed by atoms with Crippen molar-refractivity contribution in [3.8, 4) is 0 Å². The highest BCUT2D eigenvalue weighted by Gasteiger charge is 2.29. The maximum Gasteiger partial charge on any atom is 0.153 e. The lowest BCUT2D eigenvalue weighted by Gasteiger charge is -2.32. The number of pyridine rings is 1. The van der Waals surface area contributed by atoms with E-state index in [9.17, 15) is 0 Å². The summed E-state index contributed by atoms with van der Waals surface area (Å²) in [5, 5.41) is 0.843. The number of aromatic nitrogens is 1. The molecule has 0 saturated heterocycles. The van der Waals surface area contributed by atoms with E-state index in [1.165, 1.54) is 0 Å². The predicted octanol–water partition coefficient (Wildman–Crippen LogP) is 3.49. The van der Waals surface area contributed by atoms with Crippen LogP contribution < -0.4 is 5.73 Å². The first-order valence-corrected chi connectivity index (χ1v) is 5.78. The maximum atomic E-state index is 6.10. The van der Waals surface area contributed by atoms with E-state index in [0.29, 0.717) is 16.0 Å². The number of rotatable bonds is 0. The molecular formula is C11H14Cl2N2. The quantitative estimate of drug-likeness (QED) is 0.710. The molecule has 0 fully saturated rings. The predicted molar refractivity (Wildman–Crippen MR) is 64.5 cm³/mol. The van der Waals surface area contributed by atoms with Gasteiger partial charge < -0.3 is 5.73 Å². The van der Waals surface area contributed by atoms with E-state index in [2.05, 4.69) is 18.8 Å². The zero-order valence-electron chi connectivity index (χ0n) is 8.90. The van der Waals surface area contributed by atoms with Gasteiger partial charge in [0.05, 0.1) is 5.69 Å². The number of fused-ring (bicyclic) bond motifs is 1. The molecule has 0 aliphatic heterocycles. The molecule has 0 bridgehead atoms. The average molecular weight is 245 g/mol. The molecule has 1 aromatic rings. The van der Waals surface area contributed by atoms with Crippen molar-refractivity contribution in [3.05, 3.63) is 21.4 Å². The molecule has 1 aliphatic carbocycles. The number of anilines is 1. The van der Waals surface area contributed by atoms with Crippen molar-refractivity contribution >= 4 is 28.9 Å². The van der Waals surface area contributed by atoms with E-state index in [4.69, 9.17) is 28.9 Å². The lowest BCUT2D eigenvalue weighted by atomic mass is 9.74. The van der Waals surface area contributed by atoms with Crippen molar-refractivity contribution in [2.75, 3.05) is 5.73 Å². The molecule has 82 valence electrons. The summed E-state index contributed by atoms with van der Waals surface area (Å²) in [5.41, 5.74) is 8.96. The summed E-state index contributed by atoms with van der Waals surface area (Å²) < 4.78 is 0. The summed E-state index contributed by atoms with van der Waals surface area (Å²) in [6, 6.07) is 0. The first-order chi connectivity index (χ1) is 6.91. The summed E-state index contributed by atoms with van der Waals surface area (Å²) in [7, 11) is 0. The standard InChI is InChI=1S/C11H14Cl2N2/c1-11(2)4-3-6-7(5-11)9(12)15-10(13)8(6)14/h3-5,14H2,1-2H3. The Bertz CT molecular complexity index is 414. The van der Waals surface area contributed by atoms with Crippen LogP contribution in [0.25, 0.3) is 0 Å². The Kier molecular flexibility index (Phi) is 2.60. The van der Waals surface area contributed by atoms with Gasteiger partial charge in [0.25, 0.3) is 0 Å². The lowest BCUT2D eigenvalue weighted by Crippen LogP contribution is -2.23. The smallest absolute Gasteiger partial charge is 0.153 e. The highest BCUT2D eigenvalue weighted by atomic mass is 35.5. The van der Waals surface area contributed by atoms with Gasteiger partial charge in [0.15, 0.2) is 5.15 Å². The molecule has 0 radical (unpaired) electrons. The van der Waals surface area contributed by atoms with Gasteiger partial charge in [-0.25, -0.2) is 4.98 Å². The van der Waals surface area contributed by atoms with Crippen LogP contribution >= 0.6 is 23.2 Å². The van der Waals surface area contributed by atoms with Gasteiger partial charge in [0.2, 0.25) is 0 Å². The van der Waals surface area contributed by atoms with Crippen LogP contribution in [0.4, 0.5) is 5.69 Å². The van der Waals surface area contributed by atoms with E-state index >= 15 is 0 Å². The number of hydrogen-bond acceptors (Lipinski definition) is 2. The molecule has 2 N–H and O–H groups in total. The Morgan fingerprint density at radius 1 is 1.20 bits per heavy atom. The van der Waals surface area contributed by atoms with Crippen LogP contribution in [0.5, 0.6) is 0 Å². The highest BCUT2D eigenvalue weighted by molar-refractivity contribution is 6.34. The Labute approximate surface area is 99.8 Å². The minimum absolute atomic E-state index is 0.276. The SMILES string of the molecule is CC1(C)CCc2c(N)c(Cl)nc(Cl)c2C1. The second-order valence-electron chi connectivity index (χ2n) is 4.91. The van der Waals surface area contributed by atoms with Crippen LogP contribution in [0.1, 0.15) is 31.4 Å². The topological polar surface area (TPSA) is 38.9 Å². The summed E-state index contributed by atoms with van der Waals surface area (Å²) in [5.74, 6) is 0. The zero-order valence-corrected chi connectivity index (χ0v) is 10.4. The van der Waals surface area contributed by atoms with Gasteiger partial charge in [-0.2, -0.15) is 0 Å². The molecule has 1 aromatic heterocycles. The van der Waals surface area contributed by atoms with Crippen molar-refractivity contribution in [2.45, 2.75) is 33.1 Å². The summed E-state index contributed by atoms with van der Waals surface area (Å²) in [4.78, 5) is 4.06. The minimum Gasteiger partial charge on any atom is -0.396 e. The summed E-state index contributed by atoms with van der Waals surface area (Å²) >= 11 is 12.0. The molecule has 2 rings (SSSR count). The van der Waals surface area contributed by atoms with E-state index in [1.54, 1.807) is 0 Å². The van der Waals surface area contributed by atoms with Crippen LogP contribution in [0.3, 0.4) is 0 Å². The third-order valence-corrected chi connectivity index (χ3v) is 3.66. The zero-order chi connectivity index (χ0) is 11.2.